The van der Waals surface area contributed by atoms with Gasteiger partial charge in [-0.15, -0.1) is 11.3 Å². The summed E-state index contributed by atoms with van der Waals surface area (Å²) in [5, 5.41) is 6.41. The Balaban J connectivity index is 1.82. The van der Waals surface area contributed by atoms with Crippen LogP contribution in [0.3, 0.4) is 0 Å². The molecule has 1 amide bonds. The minimum atomic E-state index is -4.63. The number of anilines is 1. The fourth-order valence-electron chi connectivity index (χ4n) is 3.46. The number of aryl methyl sites for hydroxylation is 1. The topological polar surface area (TPSA) is 99.5 Å². The fourth-order valence-corrected chi connectivity index (χ4v) is 5.40. The van der Waals surface area contributed by atoms with Gasteiger partial charge in [-0.25, -0.2) is 9.59 Å². The first-order valence-electron chi connectivity index (χ1n) is 11.0. The summed E-state index contributed by atoms with van der Waals surface area (Å²) in [4.78, 5) is 37.9. The Bertz CT molecular complexity index is 1140. The Morgan fingerprint density at radius 2 is 1.91 bits per heavy atom. The predicted octanol–water partition coefficient (Wildman–Crippen LogP) is 5.68. The summed E-state index contributed by atoms with van der Waals surface area (Å²) in [5.74, 6) is -1.94. The Kier molecular flexibility index (Phi) is 8.30. The van der Waals surface area contributed by atoms with Crippen LogP contribution in [0.25, 0.3) is 0 Å². The van der Waals surface area contributed by atoms with E-state index >= 15 is 0 Å². The van der Waals surface area contributed by atoms with Crippen molar-refractivity contribution >= 4 is 50.1 Å². The van der Waals surface area contributed by atoms with Gasteiger partial charge in [0.25, 0.3) is 0 Å². The number of ether oxygens (including phenoxy) is 2. The summed E-state index contributed by atoms with van der Waals surface area (Å²) in [6.45, 7) is 6.57. The van der Waals surface area contributed by atoms with Crippen LogP contribution >= 0.6 is 27.3 Å². The third-order valence-corrected chi connectivity index (χ3v) is 7.09. The molecule has 1 fully saturated rings. The summed E-state index contributed by atoms with van der Waals surface area (Å²) >= 11 is 3.91. The summed E-state index contributed by atoms with van der Waals surface area (Å²) < 4.78 is 51.4. The Labute approximate surface area is 212 Å². The van der Waals surface area contributed by atoms with E-state index in [1.807, 2.05) is 0 Å². The van der Waals surface area contributed by atoms with Crippen LogP contribution in [0.1, 0.15) is 82.9 Å². The number of halogens is 4. The van der Waals surface area contributed by atoms with E-state index in [4.69, 9.17) is 9.47 Å². The summed E-state index contributed by atoms with van der Waals surface area (Å²) in [7, 11) is 0. The Hall–Kier alpha value is -2.41. The number of aromatic nitrogens is 2. The van der Waals surface area contributed by atoms with Crippen LogP contribution in [0.2, 0.25) is 0 Å². The second-order valence-electron chi connectivity index (χ2n) is 8.28. The van der Waals surface area contributed by atoms with Gasteiger partial charge in [0.1, 0.15) is 9.88 Å². The van der Waals surface area contributed by atoms with Gasteiger partial charge in [-0.3, -0.25) is 9.48 Å². The van der Waals surface area contributed by atoms with Crippen molar-refractivity contribution in [1.82, 2.24) is 9.78 Å². The smallest absolute Gasteiger partial charge is 0.436 e. The summed E-state index contributed by atoms with van der Waals surface area (Å²) in [6.07, 6.45) is -3.76. The maximum absolute atomic E-state index is 13.3. The van der Waals surface area contributed by atoms with E-state index in [0.717, 1.165) is 24.2 Å². The monoisotopic (exact) mass is 579 g/mol. The fraction of sp³-hybridized carbons (Fsp3) is 0.545. The lowest BCUT2D eigenvalue weighted by Gasteiger charge is -2.11. The van der Waals surface area contributed by atoms with Gasteiger partial charge in [0.15, 0.2) is 5.69 Å². The molecule has 35 heavy (non-hydrogen) atoms. The van der Waals surface area contributed by atoms with E-state index in [0.29, 0.717) is 11.3 Å². The molecule has 0 unspecified atom stereocenters. The van der Waals surface area contributed by atoms with Gasteiger partial charge in [-0.1, -0.05) is 0 Å². The molecular formula is C22H25BrF3N3O5S. The van der Waals surface area contributed by atoms with Gasteiger partial charge < -0.3 is 14.8 Å². The molecule has 0 aliphatic heterocycles. The summed E-state index contributed by atoms with van der Waals surface area (Å²) in [5.41, 5.74) is -0.245. The van der Waals surface area contributed by atoms with Crippen LogP contribution in [0.15, 0.2) is 4.47 Å². The molecule has 3 rings (SSSR count). The molecule has 1 saturated carbocycles. The summed E-state index contributed by atoms with van der Waals surface area (Å²) in [6, 6.07) is 0. The molecule has 2 aromatic heterocycles. The van der Waals surface area contributed by atoms with Gasteiger partial charge in [-0.2, -0.15) is 18.3 Å². The average molecular weight is 580 g/mol. The standard InChI is InChI=1S/C22H25BrF3N3O5S/c1-5-33-21(32)17-11(4)14(20(31)34-10(2)3)19(35-17)27-13(30)8-9-29-16(12-6-7-12)15(23)18(28-29)22(24,25)26/h10,12H,5-9H2,1-4H3,(H,27,30). The molecular weight excluding hydrogens is 555 g/mol. The normalized spacial score (nSPS) is 13.7. The SMILES string of the molecule is CCOC(=O)c1sc(NC(=O)CCn2nc(C(F)(F)F)c(Br)c2C2CC2)c(C(=O)OC(C)C)c1C. The molecule has 0 atom stereocenters. The maximum atomic E-state index is 13.3. The van der Waals surface area contributed by atoms with Crippen molar-refractivity contribution < 1.29 is 37.0 Å². The van der Waals surface area contributed by atoms with Gasteiger partial charge in [0, 0.05) is 12.3 Å². The Morgan fingerprint density at radius 1 is 1.26 bits per heavy atom. The number of carbonyl (C=O) groups excluding carboxylic acids is 3. The van der Waals surface area contributed by atoms with Gasteiger partial charge in [0.05, 0.1) is 35.0 Å². The van der Waals surface area contributed by atoms with Crippen molar-refractivity contribution in [1.29, 1.82) is 0 Å². The number of carbonyl (C=O) groups is 3. The molecule has 0 bridgehead atoms. The van der Waals surface area contributed by atoms with Crippen LogP contribution in [0.4, 0.5) is 18.2 Å². The molecule has 0 radical (unpaired) electrons. The van der Waals surface area contributed by atoms with Crippen LogP contribution in [-0.4, -0.2) is 40.3 Å². The quantitative estimate of drug-likeness (QED) is 0.383. The van der Waals surface area contributed by atoms with E-state index in [-0.39, 0.29) is 45.4 Å². The van der Waals surface area contributed by atoms with Gasteiger partial charge in [0.2, 0.25) is 5.91 Å². The molecule has 1 aliphatic rings. The number of thiophene rings is 1. The van der Waals surface area contributed by atoms with Crippen molar-refractivity contribution in [2.75, 3.05) is 11.9 Å². The lowest BCUT2D eigenvalue weighted by molar-refractivity contribution is -0.142. The molecule has 1 N–H and O–H groups in total. The average Bonchev–Trinajstić information content (AvgIpc) is 3.43. The molecule has 2 heterocycles. The van der Waals surface area contributed by atoms with Crippen LogP contribution in [-0.2, 0) is 27.0 Å². The molecule has 2 aromatic rings. The van der Waals surface area contributed by atoms with E-state index in [2.05, 4.69) is 26.3 Å². The van der Waals surface area contributed by atoms with Crippen molar-refractivity contribution in [3.05, 3.63) is 31.9 Å². The highest BCUT2D eigenvalue weighted by atomic mass is 79.9. The number of amides is 1. The zero-order chi connectivity index (χ0) is 26.1. The zero-order valence-corrected chi connectivity index (χ0v) is 21.9. The maximum Gasteiger partial charge on any atom is 0.436 e. The number of nitrogens with zero attached hydrogens (tertiary/aromatic N) is 2. The van der Waals surface area contributed by atoms with Crippen molar-refractivity contribution in [3.8, 4) is 0 Å². The van der Waals surface area contributed by atoms with E-state index in [9.17, 15) is 27.6 Å². The third-order valence-electron chi connectivity index (χ3n) is 5.12. The number of nitrogens with one attached hydrogen (secondary N) is 1. The molecule has 1 aliphatic carbocycles. The van der Waals surface area contributed by atoms with Crippen LogP contribution < -0.4 is 5.32 Å². The van der Waals surface area contributed by atoms with E-state index in [1.54, 1.807) is 27.7 Å². The number of hydrogen-bond donors (Lipinski definition) is 1. The number of esters is 2. The second kappa shape index (κ2) is 10.7. The zero-order valence-electron chi connectivity index (χ0n) is 19.5. The number of rotatable bonds is 9. The molecule has 192 valence electrons. The molecule has 8 nitrogen and oxygen atoms in total. The highest BCUT2D eigenvalue weighted by molar-refractivity contribution is 9.10. The van der Waals surface area contributed by atoms with Crippen LogP contribution in [0, 0.1) is 6.92 Å². The molecule has 0 aromatic carbocycles. The molecule has 13 heteroatoms. The Morgan fingerprint density at radius 3 is 2.46 bits per heavy atom. The minimum Gasteiger partial charge on any atom is -0.462 e. The van der Waals surface area contributed by atoms with Crippen LogP contribution in [0.5, 0.6) is 0 Å². The lowest BCUT2D eigenvalue weighted by Crippen LogP contribution is -2.19. The van der Waals surface area contributed by atoms with Gasteiger partial charge >= 0.3 is 18.1 Å². The first kappa shape index (κ1) is 27.2. The van der Waals surface area contributed by atoms with E-state index in [1.165, 1.54) is 4.68 Å². The van der Waals surface area contributed by atoms with Crippen molar-refractivity contribution in [2.24, 2.45) is 0 Å². The highest BCUT2D eigenvalue weighted by Gasteiger charge is 2.41. The molecule has 0 saturated heterocycles. The first-order chi connectivity index (χ1) is 16.3. The highest BCUT2D eigenvalue weighted by Crippen LogP contribution is 2.47. The van der Waals surface area contributed by atoms with Crippen molar-refractivity contribution in [3.63, 3.8) is 0 Å². The van der Waals surface area contributed by atoms with Crippen molar-refractivity contribution in [2.45, 2.75) is 71.7 Å². The number of alkyl halides is 3. The van der Waals surface area contributed by atoms with Gasteiger partial charge in [-0.05, 0) is 62.0 Å². The second-order valence-corrected chi connectivity index (χ2v) is 10.1. The lowest BCUT2D eigenvalue weighted by atomic mass is 10.1. The number of hydrogen-bond acceptors (Lipinski definition) is 7. The third kappa shape index (κ3) is 6.24. The first-order valence-corrected chi connectivity index (χ1v) is 12.6. The largest absolute Gasteiger partial charge is 0.462 e. The predicted molar refractivity (Wildman–Crippen MR) is 126 cm³/mol. The molecule has 0 spiro atoms. The van der Waals surface area contributed by atoms with E-state index < -0.39 is 35.8 Å². The minimum absolute atomic E-state index is 0.0412.